The number of nitrogens with zero attached hydrogens (tertiary/aromatic N) is 1. The largest absolute Gasteiger partial charge is 0.312 e. The molecule has 112 valence electrons. The third-order valence-corrected chi connectivity index (χ3v) is 4.66. The molecule has 1 saturated heterocycles. The van der Waals surface area contributed by atoms with Gasteiger partial charge in [0.1, 0.15) is 0 Å². The van der Waals surface area contributed by atoms with E-state index >= 15 is 0 Å². The van der Waals surface area contributed by atoms with Crippen LogP contribution in [0.1, 0.15) is 37.3 Å². The fourth-order valence-corrected chi connectivity index (χ4v) is 3.36. The summed E-state index contributed by atoms with van der Waals surface area (Å²) < 4.78 is 0. The Labute approximate surface area is 128 Å². The van der Waals surface area contributed by atoms with Gasteiger partial charge in [-0.2, -0.15) is 0 Å². The predicted octanol–water partition coefficient (Wildman–Crippen LogP) is 3.98. The highest BCUT2D eigenvalue weighted by molar-refractivity contribution is 5.83. The highest BCUT2D eigenvalue weighted by Gasteiger charge is 2.16. The van der Waals surface area contributed by atoms with Crippen molar-refractivity contribution in [1.82, 2.24) is 10.2 Å². The molecule has 0 aliphatic carbocycles. The van der Waals surface area contributed by atoms with Gasteiger partial charge in [-0.05, 0) is 55.4 Å². The highest BCUT2D eigenvalue weighted by atomic mass is 15.1. The van der Waals surface area contributed by atoms with Gasteiger partial charge in [-0.15, -0.1) is 0 Å². The second kappa shape index (κ2) is 7.06. The molecule has 1 atom stereocenters. The average Bonchev–Trinajstić information content (AvgIpc) is 2.81. The third kappa shape index (κ3) is 3.63. The Balaban J connectivity index is 1.77. The number of benzene rings is 2. The quantitative estimate of drug-likeness (QED) is 0.912. The second-order valence-corrected chi connectivity index (χ2v) is 6.16. The van der Waals surface area contributed by atoms with Crippen LogP contribution in [0.5, 0.6) is 0 Å². The normalized spacial score (nSPS) is 18.5. The first-order valence-corrected chi connectivity index (χ1v) is 8.25. The third-order valence-electron chi connectivity index (χ3n) is 4.66. The van der Waals surface area contributed by atoms with E-state index in [-0.39, 0.29) is 0 Å². The molecule has 1 aliphatic heterocycles. The van der Waals surface area contributed by atoms with Crippen LogP contribution in [0.2, 0.25) is 0 Å². The van der Waals surface area contributed by atoms with Gasteiger partial charge in [-0.25, -0.2) is 0 Å². The van der Waals surface area contributed by atoms with E-state index in [2.05, 4.69) is 59.7 Å². The lowest BCUT2D eigenvalue weighted by molar-refractivity contribution is 0.255. The van der Waals surface area contributed by atoms with Crippen LogP contribution in [0, 0.1) is 0 Å². The molecule has 0 bridgehead atoms. The summed E-state index contributed by atoms with van der Waals surface area (Å²) in [5.41, 5.74) is 1.40. The maximum atomic E-state index is 3.51. The molecule has 1 aliphatic rings. The summed E-state index contributed by atoms with van der Waals surface area (Å²) in [6, 6.07) is 15.9. The number of likely N-dealkylation sites (N-methyl/N-ethyl adjacent to an activating group) is 1. The van der Waals surface area contributed by atoms with Crippen LogP contribution in [0.4, 0.5) is 0 Å². The Morgan fingerprint density at radius 1 is 0.952 bits per heavy atom. The van der Waals surface area contributed by atoms with Gasteiger partial charge in [-0.1, -0.05) is 49.2 Å². The van der Waals surface area contributed by atoms with Crippen LogP contribution in [0.25, 0.3) is 10.8 Å². The van der Waals surface area contributed by atoms with Gasteiger partial charge in [-0.3, -0.25) is 0 Å². The lowest BCUT2D eigenvalue weighted by Crippen LogP contribution is -2.34. The molecule has 2 heteroatoms. The first-order valence-electron chi connectivity index (χ1n) is 8.25. The van der Waals surface area contributed by atoms with Crippen LogP contribution < -0.4 is 5.32 Å². The topological polar surface area (TPSA) is 15.3 Å². The average molecular weight is 282 g/mol. The van der Waals surface area contributed by atoms with Crippen molar-refractivity contribution >= 4 is 10.8 Å². The zero-order valence-electron chi connectivity index (χ0n) is 13.0. The number of hydrogen-bond donors (Lipinski definition) is 1. The lowest BCUT2D eigenvalue weighted by atomic mass is 10.0. The molecule has 2 aromatic rings. The Kier molecular flexibility index (Phi) is 4.89. The number of nitrogens with one attached hydrogen (secondary N) is 1. The molecule has 2 nitrogen and oxygen atoms in total. The van der Waals surface area contributed by atoms with Gasteiger partial charge < -0.3 is 10.2 Å². The van der Waals surface area contributed by atoms with Crippen molar-refractivity contribution in [3.05, 3.63) is 48.0 Å². The fourth-order valence-electron chi connectivity index (χ4n) is 3.36. The molecule has 3 rings (SSSR count). The molecule has 1 fully saturated rings. The maximum Gasteiger partial charge on any atom is 0.0447 e. The van der Waals surface area contributed by atoms with E-state index in [4.69, 9.17) is 0 Å². The minimum absolute atomic E-state index is 0.424. The number of likely N-dealkylation sites (tertiary alicyclic amines) is 1. The summed E-state index contributed by atoms with van der Waals surface area (Å²) in [4.78, 5) is 2.63. The van der Waals surface area contributed by atoms with Gasteiger partial charge in [0.15, 0.2) is 0 Å². The van der Waals surface area contributed by atoms with Gasteiger partial charge >= 0.3 is 0 Å². The molecule has 0 aromatic heterocycles. The van der Waals surface area contributed by atoms with Crippen LogP contribution in [-0.2, 0) is 0 Å². The van der Waals surface area contributed by atoms with E-state index < -0.39 is 0 Å². The molecular weight excluding hydrogens is 256 g/mol. The van der Waals surface area contributed by atoms with Gasteiger partial charge in [0, 0.05) is 12.6 Å². The summed E-state index contributed by atoms with van der Waals surface area (Å²) >= 11 is 0. The standard InChI is InChI=1S/C19H26N2/c1-20-19(15-21-12-6-2-3-7-13-21)18-11-10-16-8-4-5-9-17(16)14-18/h4-5,8-11,14,19-20H,2-3,6-7,12-13,15H2,1H3. The molecule has 0 amide bonds. The minimum atomic E-state index is 0.424. The Morgan fingerprint density at radius 3 is 2.38 bits per heavy atom. The Morgan fingerprint density at radius 2 is 1.67 bits per heavy atom. The van der Waals surface area contributed by atoms with Crippen LogP contribution in [-0.4, -0.2) is 31.6 Å². The van der Waals surface area contributed by atoms with Crippen LogP contribution in [0.3, 0.4) is 0 Å². The summed E-state index contributed by atoms with van der Waals surface area (Å²) in [5, 5.41) is 6.17. The van der Waals surface area contributed by atoms with Crippen molar-refractivity contribution in [2.45, 2.75) is 31.7 Å². The monoisotopic (exact) mass is 282 g/mol. The molecule has 0 saturated carbocycles. The summed E-state index contributed by atoms with van der Waals surface area (Å²) in [6.45, 7) is 3.63. The van der Waals surface area contributed by atoms with Gasteiger partial charge in [0.25, 0.3) is 0 Å². The molecule has 1 N–H and O–H groups in total. The van der Waals surface area contributed by atoms with Gasteiger partial charge in [0.2, 0.25) is 0 Å². The van der Waals surface area contributed by atoms with E-state index in [9.17, 15) is 0 Å². The van der Waals surface area contributed by atoms with E-state index in [1.54, 1.807) is 0 Å². The second-order valence-electron chi connectivity index (χ2n) is 6.16. The van der Waals surface area contributed by atoms with Crippen LogP contribution in [0.15, 0.2) is 42.5 Å². The van der Waals surface area contributed by atoms with Crippen molar-refractivity contribution in [3.63, 3.8) is 0 Å². The maximum absolute atomic E-state index is 3.51. The number of fused-ring (bicyclic) bond motifs is 1. The van der Waals surface area contributed by atoms with E-state index in [1.807, 2.05) is 0 Å². The first kappa shape index (κ1) is 14.6. The molecule has 0 radical (unpaired) electrons. The van der Waals surface area contributed by atoms with Crippen molar-refractivity contribution in [3.8, 4) is 0 Å². The van der Waals surface area contributed by atoms with E-state index in [1.165, 1.54) is 55.1 Å². The number of rotatable bonds is 4. The Hall–Kier alpha value is -1.38. The molecule has 1 heterocycles. The molecule has 1 unspecified atom stereocenters. The fraction of sp³-hybridized carbons (Fsp3) is 0.474. The van der Waals surface area contributed by atoms with Crippen molar-refractivity contribution in [2.75, 3.05) is 26.7 Å². The number of hydrogen-bond acceptors (Lipinski definition) is 2. The summed E-state index contributed by atoms with van der Waals surface area (Å²) in [6.07, 6.45) is 5.51. The zero-order chi connectivity index (χ0) is 14.5. The van der Waals surface area contributed by atoms with E-state index in [0.29, 0.717) is 6.04 Å². The lowest BCUT2D eigenvalue weighted by Gasteiger charge is -2.26. The van der Waals surface area contributed by atoms with Crippen molar-refractivity contribution in [1.29, 1.82) is 0 Å². The Bertz CT molecular complexity index is 571. The molecule has 0 spiro atoms. The van der Waals surface area contributed by atoms with Crippen LogP contribution >= 0.6 is 0 Å². The summed E-state index contributed by atoms with van der Waals surface area (Å²) in [7, 11) is 2.08. The first-order chi connectivity index (χ1) is 10.4. The molecule has 21 heavy (non-hydrogen) atoms. The highest BCUT2D eigenvalue weighted by Crippen LogP contribution is 2.22. The van der Waals surface area contributed by atoms with Gasteiger partial charge in [0.05, 0.1) is 0 Å². The van der Waals surface area contributed by atoms with Crippen molar-refractivity contribution in [2.24, 2.45) is 0 Å². The molecule has 2 aromatic carbocycles. The summed E-state index contributed by atoms with van der Waals surface area (Å²) in [5.74, 6) is 0. The SMILES string of the molecule is CNC(CN1CCCCCC1)c1ccc2ccccc2c1. The van der Waals surface area contributed by atoms with Crippen molar-refractivity contribution < 1.29 is 0 Å². The minimum Gasteiger partial charge on any atom is -0.312 e. The zero-order valence-corrected chi connectivity index (χ0v) is 13.0. The smallest absolute Gasteiger partial charge is 0.0447 e. The van der Waals surface area contributed by atoms with E-state index in [0.717, 1.165) is 6.54 Å². The molecular formula is C19H26N2. The predicted molar refractivity (Wildman–Crippen MR) is 90.7 cm³/mol.